The monoisotopic (exact) mass is 366 g/mol. The first-order chi connectivity index (χ1) is 13.2. The minimum absolute atomic E-state index is 0.0426. The van der Waals surface area contributed by atoms with E-state index in [1.54, 1.807) is 0 Å². The van der Waals surface area contributed by atoms with Crippen LogP contribution in [0.4, 0.5) is 11.4 Å². The molecular formula is C23H30N2O2. The number of carbonyl (C=O) groups is 2. The molecule has 2 aliphatic carbocycles. The van der Waals surface area contributed by atoms with E-state index in [0.717, 1.165) is 56.3 Å². The van der Waals surface area contributed by atoms with E-state index in [1.165, 1.54) is 0 Å². The summed E-state index contributed by atoms with van der Waals surface area (Å²) >= 11 is 0. The molecule has 3 rings (SSSR count). The Morgan fingerprint density at radius 1 is 1.04 bits per heavy atom. The van der Waals surface area contributed by atoms with Crippen molar-refractivity contribution < 1.29 is 9.59 Å². The van der Waals surface area contributed by atoms with Crippen molar-refractivity contribution in [2.45, 2.75) is 51.9 Å². The zero-order valence-electron chi connectivity index (χ0n) is 16.2. The molecule has 1 aromatic rings. The van der Waals surface area contributed by atoms with Crippen molar-refractivity contribution in [2.75, 3.05) is 16.8 Å². The molecule has 144 valence electrons. The second kappa shape index (κ2) is 9.54. The van der Waals surface area contributed by atoms with E-state index in [-0.39, 0.29) is 23.7 Å². The first kappa shape index (κ1) is 19.4. The maximum Gasteiger partial charge on any atom is 0.230 e. The second-order valence-electron chi connectivity index (χ2n) is 7.49. The average molecular weight is 367 g/mol. The predicted molar refractivity (Wildman–Crippen MR) is 111 cm³/mol. The van der Waals surface area contributed by atoms with Crippen molar-refractivity contribution in [1.82, 2.24) is 0 Å². The highest BCUT2D eigenvalue weighted by molar-refractivity contribution is 5.97. The number of carbonyl (C=O) groups excluding carboxylic acids is 2. The Morgan fingerprint density at radius 3 is 2.37 bits per heavy atom. The number of nitrogens with one attached hydrogen (secondary N) is 1. The quantitative estimate of drug-likeness (QED) is 0.714. The van der Waals surface area contributed by atoms with E-state index < -0.39 is 0 Å². The molecule has 0 bridgehead atoms. The van der Waals surface area contributed by atoms with Gasteiger partial charge in [-0.25, -0.2) is 0 Å². The number of rotatable bonds is 6. The van der Waals surface area contributed by atoms with Crippen LogP contribution in [-0.4, -0.2) is 18.4 Å². The molecular weight excluding hydrogens is 336 g/mol. The van der Waals surface area contributed by atoms with Crippen LogP contribution in [0.1, 0.15) is 51.9 Å². The molecule has 1 N–H and O–H groups in total. The molecule has 4 nitrogen and oxygen atoms in total. The summed E-state index contributed by atoms with van der Waals surface area (Å²) in [6.07, 6.45) is 14.8. The number of nitrogens with zero attached hydrogens (tertiary/aromatic N) is 1. The summed E-state index contributed by atoms with van der Waals surface area (Å²) in [5.41, 5.74) is 1.64. The topological polar surface area (TPSA) is 49.4 Å². The molecule has 0 aromatic heterocycles. The summed E-state index contributed by atoms with van der Waals surface area (Å²) in [7, 11) is 0. The maximum absolute atomic E-state index is 13.1. The van der Waals surface area contributed by atoms with Gasteiger partial charge in [0.2, 0.25) is 11.8 Å². The lowest BCUT2D eigenvalue weighted by Crippen LogP contribution is -2.37. The molecule has 0 unspecified atom stereocenters. The summed E-state index contributed by atoms with van der Waals surface area (Å²) < 4.78 is 0. The van der Waals surface area contributed by atoms with Gasteiger partial charge in [-0.05, 0) is 63.1 Å². The average Bonchev–Trinajstić information content (AvgIpc) is 2.73. The SMILES string of the molecule is CCCN(C(=O)[C@@H]1CC=CCC1)c1cccc(NC(=O)[C@H]2CC=CCC2)c1. The number of hydrogen-bond acceptors (Lipinski definition) is 2. The standard InChI is InChI=1S/C23H30N2O2/c1-2-16-25(23(27)19-12-7-4-8-13-19)21-15-9-14-20(17-21)24-22(26)18-10-5-3-6-11-18/h3-5,7,9,14-15,17-19H,2,6,8,10-13,16H2,1H3,(H,24,26)/t18-,19+/m0/s1. The summed E-state index contributed by atoms with van der Waals surface area (Å²) in [5.74, 6) is 0.374. The third-order valence-electron chi connectivity index (χ3n) is 5.40. The van der Waals surface area contributed by atoms with Crippen molar-refractivity contribution in [2.24, 2.45) is 11.8 Å². The van der Waals surface area contributed by atoms with Gasteiger partial charge in [-0.2, -0.15) is 0 Å². The van der Waals surface area contributed by atoms with E-state index in [9.17, 15) is 9.59 Å². The molecule has 0 aliphatic heterocycles. The molecule has 0 radical (unpaired) electrons. The van der Waals surface area contributed by atoms with Gasteiger partial charge in [-0.1, -0.05) is 37.3 Å². The van der Waals surface area contributed by atoms with Crippen LogP contribution >= 0.6 is 0 Å². The molecule has 1 aromatic carbocycles. The first-order valence-electron chi connectivity index (χ1n) is 10.2. The highest BCUT2D eigenvalue weighted by atomic mass is 16.2. The Kier molecular flexibility index (Phi) is 6.86. The van der Waals surface area contributed by atoms with Crippen LogP contribution in [0, 0.1) is 11.8 Å². The van der Waals surface area contributed by atoms with Crippen molar-refractivity contribution in [3.05, 3.63) is 48.6 Å². The largest absolute Gasteiger partial charge is 0.326 e. The summed E-state index contributed by atoms with van der Waals surface area (Å²) in [4.78, 5) is 27.5. The van der Waals surface area contributed by atoms with E-state index in [4.69, 9.17) is 0 Å². The highest BCUT2D eigenvalue weighted by Crippen LogP contribution is 2.27. The van der Waals surface area contributed by atoms with E-state index in [1.807, 2.05) is 29.2 Å². The Bertz CT molecular complexity index is 723. The molecule has 2 amide bonds. The summed E-state index contributed by atoms with van der Waals surface area (Å²) in [6.45, 7) is 2.78. The molecule has 4 heteroatoms. The van der Waals surface area contributed by atoms with Gasteiger partial charge in [-0.3, -0.25) is 9.59 Å². The Morgan fingerprint density at radius 2 is 1.74 bits per heavy atom. The van der Waals surface area contributed by atoms with Crippen LogP contribution in [-0.2, 0) is 9.59 Å². The van der Waals surface area contributed by atoms with Crippen LogP contribution < -0.4 is 10.2 Å². The van der Waals surface area contributed by atoms with Crippen LogP contribution in [0.15, 0.2) is 48.6 Å². The predicted octanol–water partition coefficient (Wildman–Crippen LogP) is 5.08. The fourth-order valence-corrected chi connectivity index (χ4v) is 3.86. The Hall–Kier alpha value is -2.36. The van der Waals surface area contributed by atoms with Gasteiger partial charge >= 0.3 is 0 Å². The summed E-state index contributed by atoms with van der Waals surface area (Å²) in [6, 6.07) is 7.72. The van der Waals surface area contributed by atoms with Gasteiger partial charge < -0.3 is 10.2 Å². The molecule has 2 atom stereocenters. The van der Waals surface area contributed by atoms with E-state index in [2.05, 4.69) is 36.5 Å². The second-order valence-corrected chi connectivity index (χ2v) is 7.49. The lowest BCUT2D eigenvalue weighted by Gasteiger charge is -2.28. The number of benzene rings is 1. The molecule has 27 heavy (non-hydrogen) atoms. The van der Waals surface area contributed by atoms with Crippen LogP contribution in [0.3, 0.4) is 0 Å². The minimum atomic E-state index is 0.0426. The maximum atomic E-state index is 13.1. The molecule has 0 heterocycles. The fourth-order valence-electron chi connectivity index (χ4n) is 3.86. The number of anilines is 2. The van der Waals surface area contributed by atoms with Crippen molar-refractivity contribution in [3.8, 4) is 0 Å². The van der Waals surface area contributed by atoms with Crippen molar-refractivity contribution in [1.29, 1.82) is 0 Å². The van der Waals surface area contributed by atoms with Gasteiger partial charge in [0.25, 0.3) is 0 Å². The van der Waals surface area contributed by atoms with Crippen LogP contribution in [0.2, 0.25) is 0 Å². The third-order valence-corrected chi connectivity index (χ3v) is 5.40. The molecule has 0 saturated carbocycles. The highest BCUT2D eigenvalue weighted by Gasteiger charge is 2.25. The molecule has 2 aliphatic rings. The molecule has 0 fully saturated rings. The number of amides is 2. The van der Waals surface area contributed by atoms with Gasteiger partial charge in [0.15, 0.2) is 0 Å². The van der Waals surface area contributed by atoms with Gasteiger partial charge in [0, 0.05) is 29.8 Å². The lowest BCUT2D eigenvalue weighted by atomic mass is 9.92. The smallest absolute Gasteiger partial charge is 0.230 e. The zero-order valence-corrected chi connectivity index (χ0v) is 16.2. The van der Waals surface area contributed by atoms with Crippen molar-refractivity contribution in [3.63, 3.8) is 0 Å². The molecule has 0 saturated heterocycles. The zero-order chi connectivity index (χ0) is 19.1. The van der Waals surface area contributed by atoms with E-state index >= 15 is 0 Å². The fraction of sp³-hybridized carbons (Fsp3) is 0.478. The van der Waals surface area contributed by atoms with Gasteiger partial charge in [-0.15, -0.1) is 0 Å². The van der Waals surface area contributed by atoms with Crippen LogP contribution in [0.25, 0.3) is 0 Å². The van der Waals surface area contributed by atoms with Crippen LogP contribution in [0.5, 0.6) is 0 Å². The normalized spacial score (nSPS) is 21.7. The minimum Gasteiger partial charge on any atom is -0.326 e. The molecule has 0 spiro atoms. The van der Waals surface area contributed by atoms with E-state index in [0.29, 0.717) is 6.54 Å². The van der Waals surface area contributed by atoms with Crippen molar-refractivity contribution >= 4 is 23.2 Å². The third kappa shape index (κ3) is 5.09. The van der Waals surface area contributed by atoms with Gasteiger partial charge in [0.1, 0.15) is 0 Å². The number of hydrogen-bond donors (Lipinski definition) is 1. The summed E-state index contributed by atoms with van der Waals surface area (Å²) in [5, 5.41) is 3.05. The Labute approximate surface area is 162 Å². The lowest BCUT2D eigenvalue weighted by molar-refractivity contribution is -0.122. The Balaban J connectivity index is 1.72. The van der Waals surface area contributed by atoms with Gasteiger partial charge in [0.05, 0.1) is 0 Å². The number of allylic oxidation sites excluding steroid dienone is 4. The first-order valence-corrected chi connectivity index (χ1v) is 10.2.